The third kappa shape index (κ3) is 5.95. The van der Waals surface area contributed by atoms with Crippen LogP contribution >= 0.6 is 0 Å². The Morgan fingerprint density at radius 1 is 1.10 bits per heavy atom. The van der Waals surface area contributed by atoms with E-state index in [1.165, 1.54) is 0 Å². The van der Waals surface area contributed by atoms with Crippen molar-refractivity contribution in [3.63, 3.8) is 0 Å². The van der Waals surface area contributed by atoms with Crippen LogP contribution in [0, 0.1) is 5.92 Å². The molecule has 7 nitrogen and oxygen atoms in total. The summed E-state index contributed by atoms with van der Waals surface area (Å²) in [6.45, 7) is 2.67. The highest BCUT2D eigenvalue weighted by Crippen LogP contribution is 2.30. The number of carboxylic acid groups (broad SMARTS) is 1. The summed E-state index contributed by atoms with van der Waals surface area (Å²) in [4.78, 5) is 13.2. The highest BCUT2D eigenvalue weighted by Gasteiger charge is 2.20. The minimum Gasteiger partial charge on any atom is -0.497 e. The standard InChI is InChI=1S/C23H29NO6/c1-29-21-10-19(17-2-4-18(5-3-17)23(27)28)11-22(12-21)30-15-20(26)13-24-8-6-16(14-25)7-9-24/h2-5,10-12,16,20,25-26H,6-9,13-15H2,1H3,(H,27,28). The molecule has 0 amide bonds. The summed E-state index contributed by atoms with van der Waals surface area (Å²) < 4.78 is 11.2. The van der Waals surface area contributed by atoms with Gasteiger partial charge in [-0.25, -0.2) is 4.79 Å². The summed E-state index contributed by atoms with van der Waals surface area (Å²) in [5, 5.41) is 28.7. The quantitative estimate of drug-likeness (QED) is 0.579. The Labute approximate surface area is 176 Å². The van der Waals surface area contributed by atoms with Crippen LogP contribution in [0.5, 0.6) is 11.5 Å². The number of nitrogens with zero attached hydrogens (tertiary/aromatic N) is 1. The first-order chi connectivity index (χ1) is 14.5. The minimum absolute atomic E-state index is 0.157. The normalized spacial score (nSPS) is 16.2. The van der Waals surface area contributed by atoms with Crippen molar-refractivity contribution >= 4 is 5.97 Å². The summed E-state index contributed by atoms with van der Waals surface area (Å²) in [5.41, 5.74) is 1.90. The van der Waals surface area contributed by atoms with Gasteiger partial charge in [0.25, 0.3) is 0 Å². The molecule has 30 heavy (non-hydrogen) atoms. The fourth-order valence-corrected chi connectivity index (χ4v) is 3.64. The number of methoxy groups -OCH3 is 1. The Bertz CT molecular complexity index is 830. The summed E-state index contributed by atoms with van der Waals surface area (Å²) in [6, 6.07) is 12.1. The van der Waals surface area contributed by atoms with E-state index in [1.807, 2.05) is 12.1 Å². The van der Waals surface area contributed by atoms with Crippen molar-refractivity contribution in [3.8, 4) is 22.6 Å². The zero-order chi connectivity index (χ0) is 21.5. The van der Waals surface area contributed by atoms with Crippen LogP contribution in [0.15, 0.2) is 42.5 Å². The van der Waals surface area contributed by atoms with Gasteiger partial charge in [0.2, 0.25) is 0 Å². The van der Waals surface area contributed by atoms with Crippen LogP contribution in [0.25, 0.3) is 11.1 Å². The van der Waals surface area contributed by atoms with E-state index < -0.39 is 12.1 Å². The second-order valence-corrected chi connectivity index (χ2v) is 7.67. The fraction of sp³-hybridized carbons (Fsp3) is 0.435. The molecule has 7 heteroatoms. The lowest BCUT2D eigenvalue weighted by Crippen LogP contribution is -2.41. The van der Waals surface area contributed by atoms with Gasteiger partial charge in [-0.05, 0) is 67.2 Å². The van der Waals surface area contributed by atoms with Gasteiger partial charge in [0, 0.05) is 19.2 Å². The number of hydrogen-bond acceptors (Lipinski definition) is 6. The third-order valence-electron chi connectivity index (χ3n) is 5.46. The van der Waals surface area contributed by atoms with E-state index in [0.717, 1.165) is 37.1 Å². The Kier molecular flexibility index (Phi) is 7.68. The van der Waals surface area contributed by atoms with Crippen LogP contribution in [0.2, 0.25) is 0 Å². The molecule has 1 fully saturated rings. The second-order valence-electron chi connectivity index (χ2n) is 7.67. The number of benzene rings is 2. The maximum atomic E-state index is 11.0. The number of ether oxygens (including phenoxy) is 2. The first-order valence-corrected chi connectivity index (χ1v) is 10.2. The molecule has 1 unspecified atom stereocenters. The number of rotatable bonds is 9. The lowest BCUT2D eigenvalue weighted by Gasteiger charge is -2.32. The predicted molar refractivity (Wildman–Crippen MR) is 113 cm³/mol. The molecule has 0 saturated carbocycles. The Morgan fingerprint density at radius 3 is 2.37 bits per heavy atom. The molecule has 1 heterocycles. The van der Waals surface area contributed by atoms with Gasteiger partial charge in [-0.1, -0.05) is 12.1 Å². The molecule has 0 radical (unpaired) electrons. The van der Waals surface area contributed by atoms with Gasteiger partial charge in [-0.15, -0.1) is 0 Å². The summed E-state index contributed by atoms with van der Waals surface area (Å²) in [5.74, 6) is 0.593. The molecule has 1 aliphatic heterocycles. The SMILES string of the molecule is COc1cc(OCC(O)CN2CCC(CO)CC2)cc(-c2ccc(C(=O)O)cc2)c1. The molecule has 1 atom stereocenters. The zero-order valence-corrected chi connectivity index (χ0v) is 17.2. The van der Waals surface area contributed by atoms with Crippen LogP contribution in [-0.4, -0.2) is 72.3 Å². The number of hydrogen-bond donors (Lipinski definition) is 3. The number of aromatic carboxylic acids is 1. The van der Waals surface area contributed by atoms with Gasteiger partial charge in [0.1, 0.15) is 24.2 Å². The monoisotopic (exact) mass is 415 g/mol. The van der Waals surface area contributed by atoms with E-state index in [4.69, 9.17) is 14.6 Å². The van der Waals surface area contributed by atoms with Crippen molar-refractivity contribution in [2.75, 3.05) is 40.0 Å². The number of aliphatic hydroxyl groups is 2. The molecule has 0 aromatic heterocycles. The van der Waals surface area contributed by atoms with Gasteiger partial charge in [0.05, 0.1) is 12.7 Å². The van der Waals surface area contributed by atoms with Crippen molar-refractivity contribution in [3.05, 3.63) is 48.0 Å². The van der Waals surface area contributed by atoms with Crippen LogP contribution in [0.1, 0.15) is 23.2 Å². The lowest BCUT2D eigenvalue weighted by atomic mass is 9.98. The van der Waals surface area contributed by atoms with Crippen LogP contribution in [0.3, 0.4) is 0 Å². The lowest BCUT2D eigenvalue weighted by molar-refractivity contribution is 0.0488. The second kappa shape index (κ2) is 10.4. The zero-order valence-electron chi connectivity index (χ0n) is 17.2. The van der Waals surface area contributed by atoms with Crippen molar-refractivity contribution in [2.45, 2.75) is 18.9 Å². The molecule has 3 N–H and O–H groups in total. The summed E-state index contributed by atoms with van der Waals surface area (Å²) in [7, 11) is 1.57. The Hall–Kier alpha value is -2.61. The van der Waals surface area contributed by atoms with Crippen LogP contribution in [-0.2, 0) is 0 Å². The van der Waals surface area contributed by atoms with Gasteiger partial charge in [-0.3, -0.25) is 0 Å². The van der Waals surface area contributed by atoms with Gasteiger partial charge in [-0.2, -0.15) is 0 Å². The number of β-amino-alcohol motifs (C(OH)–C–C–N with tert-alkyl or cyclic N) is 1. The average Bonchev–Trinajstić information content (AvgIpc) is 2.78. The first-order valence-electron chi connectivity index (χ1n) is 10.2. The highest BCUT2D eigenvalue weighted by molar-refractivity contribution is 5.88. The Balaban J connectivity index is 1.61. The van der Waals surface area contributed by atoms with E-state index >= 15 is 0 Å². The molecular formula is C23H29NO6. The molecule has 0 bridgehead atoms. The molecule has 3 rings (SSSR count). The fourth-order valence-electron chi connectivity index (χ4n) is 3.64. The van der Waals surface area contributed by atoms with Crippen molar-refractivity contribution in [1.29, 1.82) is 0 Å². The maximum Gasteiger partial charge on any atom is 0.335 e. The van der Waals surface area contributed by atoms with E-state index in [0.29, 0.717) is 24.0 Å². The number of aliphatic hydroxyl groups excluding tert-OH is 2. The van der Waals surface area contributed by atoms with Crippen molar-refractivity contribution in [1.82, 2.24) is 4.90 Å². The van der Waals surface area contributed by atoms with Crippen molar-refractivity contribution in [2.24, 2.45) is 5.92 Å². The van der Waals surface area contributed by atoms with Gasteiger partial charge >= 0.3 is 5.97 Å². The largest absolute Gasteiger partial charge is 0.497 e. The molecule has 0 spiro atoms. The van der Waals surface area contributed by atoms with Gasteiger partial charge < -0.3 is 29.7 Å². The van der Waals surface area contributed by atoms with Gasteiger partial charge in [0.15, 0.2) is 0 Å². The molecule has 2 aromatic carbocycles. The number of carbonyl (C=O) groups is 1. The topological polar surface area (TPSA) is 99.5 Å². The molecule has 2 aromatic rings. The molecule has 1 saturated heterocycles. The Morgan fingerprint density at radius 2 is 1.77 bits per heavy atom. The predicted octanol–water partition coefficient (Wildman–Crippen LogP) is 2.50. The number of carboxylic acids is 1. The molecule has 0 aliphatic carbocycles. The number of likely N-dealkylation sites (tertiary alicyclic amines) is 1. The van der Waals surface area contributed by atoms with E-state index in [-0.39, 0.29) is 18.8 Å². The molecule has 1 aliphatic rings. The maximum absolute atomic E-state index is 11.0. The summed E-state index contributed by atoms with van der Waals surface area (Å²) >= 11 is 0. The number of piperidine rings is 1. The average molecular weight is 415 g/mol. The molecule has 162 valence electrons. The van der Waals surface area contributed by atoms with E-state index in [9.17, 15) is 15.0 Å². The van der Waals surface area contributed by atoms with Crippen LogP contribution < -0.4 is 9.47 Å². The van der Waals surface area contributed by atoms with E-state index in [2.05, 4.69) is 4.90 Å². The minimum atomic E-state index is -0.967. The van der Waals surface area contributed by atoms with E-state index in [1.54, 1.807) is 37.4 Å². The third-order valence-corrected chi connectivity index (χ3v) is 5.46. The smallest absolute Gasteiger partial charge is 0.335 e. The van der Waals surface area contributed by atoms with Crippen LogP contribution in [0.4, 0.5) is 0 Å². The first kappa shape index (κ1) is 22.1. The highest BCUT2D eigenvalue weighted by atomic mass is 16.5. The summed E-state index contributed by atoms with van der Waals surface area (Å²) in [6.07, 6.45) is 1.27. The van der Waals surface area contributed by atoms with Crippen molar-refractivity contribution < 1.29 is 29.6 Å². The molecular weight excluding hydrogens is 386 g/mol.